The summed E-state index contributed by atoms with van der Waals surface area (Å²) >= 11 is 0. The van der Waals surface area contributed by atoms with Gasteiger partial charge in [0, 0.05) is 42.3 Å². The average molecular weight is 450 g/mol. The van der Waals surface area contributed by atoms with E-state index in [1.165, 1.54) is 0 Å². The first-order chi connectivity index (χ1) is 16.4. The fourth-order valence-electron chi connectivity index (χ4n) is 3.88. The number of carbonyl (C=O) groups excluding carboxylic acids is 1. The molecule has 7 heteroatoms. The molecule has 5 aromatic rings. The van der Waals surface area contributed by atoms with Crippen LogP contribution in [0.25, 0.3) is 22.6 Å². The third-order valence-corrected chi connectivity index (χ3v) is 5.66. The Morgan fingerprint density at radius 1 is 1.00 bits per heavy atom. The maximum Gasteiger partial charge on any atom is 0.293 e. The monoisotopic (exact) mass is 449 g/mol. The molecule has 3 heterocycles. The van der Waals surface area contributed by atoms with Gasteiger partial charge in [-0.1, -0.05) is 43.0 Å². The topological polar surface area (TPSA) is 85.3 Å². The standard InChI is InChI=1S/C27H23N5O2/c1-16-10-11-22(30-26(33)25-18(3)29-19(4)34-25)12-23(16)24-15-32-14-21(13-28-27(32)31-24)17(2)20-8-6-5-7-9-20/h5-15H,2H2,1,3-4H3,(H,30,33). The zero-order valence-corrected chi connectivity index (χ0v) is 19.2. The number of anilines is 1. The van der Waals surface area contributed by atoms with E-state index < -0.39 is 0 Å². The van der Waals surface area contributed by atoms with E-state index in [0.717, 1.165) is 33.5 Å². The number of oxazole rings is 1. The highest BCUT2D eigenvalue weighted by molar-refractivity contribution is 6.03. The van der Waals surface area contributed by atoms with Crippen LogP contribution in [0.5, 0.6) is 0 Å². The lowest BCUT2D eigenvalue weighted by molar-refractivity contribution is 0.0994. The number of benzene rings is 2. The summed E-state index contributed by atoms with van der Waals surface area (Å²) in [6.45, 7) is 9.69. The van der Waals surface area contributed by atoms with Crippen molar-refractivity contribution >= 4 is 22.9 Å². The molecule has 0 unspecified atom stereocenters. The normalized spacial score (nSPS) is 11.0. The van der Waals surface area contributed by atoms with Gasteiger partial charge < -0.3 is 9.73 Å². The summed E-state index contributed by atoms with van der Waals surface area (Å²) in [6.07, 6.45) is 5.69. The molecule has 0 fully saturated rings. The number of nitrogens with zero attached hydrogens (tertiary/aromatic N) is 4. The van der Waals surface area contributed by atoms with Crippen molar-refractivity contribution in [3.63, 3.8) is 0 Å². The zero-order valence-electron chi connectivity index (χ0n) is 19.2. The van der Waals surface area contributed by atoms with E-state index in [1.54, 1.807) is 20.0 Å². The van der Waals surface area contributed by atoms with Crippen LogP contribution >= 0.6 is 0 Å². The highest BCUT2D eigenvalue weighted by atomic mass is 16.4. The molecule has 0 saturated heterocycles. The van der Waals surface area contributed by atoms with E-state index in [-0.39, 0.29) is 11.7 Å². The Morgan fingerprint density at radius 2 is 1.79 bits per heavy atom. The number of rotatable bonds is 5. The van der Waals surface area contributed by atoms with E-state index >= 15 is 0 Å². The van der Waals surface area contributed by atoms with E-state index in [1.807, 2.05) is 72.2 Å². The largest absolute Gasteiger partial charge is 0.436 e. The number of hydrogen-bond acceptors (Lipinski definition) is 5. The van der Waals surface area contributed by atoms with Gasteiger partial charge in [-0.25, -0.2) is 15.0 Å². The van der Waals surface area contributed by atoms with Crippen molar-refractivity contribution in [3.05, 3.63) is 108 Å². The van der Waals surface area contributed by atoms with Crippen molar-refractivity contribution in [2.75, 3.05) is 5.32 Å². The summed E-state index contributed by atoms with van der Waals surface area (Å²) in [5, 5.41) is 2.89. The summed E-state index contributed by atoms with van der Waals surface area (Å²) in [6, 6.07) is 15.7. The van der Waals surface area contributed by atoms with Crippen LogP contribution in [0.2, 0.25) is 0 Å². The Bertz CT molecular complexity index is 1550. The quantitative estimate of drug-likeness (QED) is 0.376. The maximum absolute atomic E-state index is 12.7. The summed E-state index contributed by atoms with van der Waals surface area (Å²) < 4.78 is 7.33. The Hall–Kier alpha value is -4.52. The number of amides is 1. The van der Waals surface area contributed by atoms with Gasteiger partial charge >= 0.3 is 0 Å². The minimum absolute atomic E-state index is 0.211. The molecule has 168 valence electrons. The fraction of sp³-hybridized carbons (Fsp3) is 0.111. The van der Waals surface area contributed by atoms with Crippen LogP contribution in [0.4, 0.5) is 5.69 Å². The van der Waals surface area contributed by atoms with Crippen LogP contribution in [0, 0.1) is 20.8 Å². The first-order valence-electron chi connectivity index (χ1n) is 10.8. The lowest BCUT2D eigenvalue weighted by Crippen LogP contribution is -2.12. The van der Waals surface area contributed by atoms with E-state index in [4.69, 9.17) is 9.40 Å². The number of aromatic nitrogens is 4. The van der Waals surface area contributed by atoms with Crippen LogP contribution < -0.4 is 5.32 Å². The third kappa shape index (κ3) is 3.99. The molecule has 0 aliphatic rings. The smallest absolute Gasteiger partial charge is 0.293 e. The van der Waals surface area contributed by atoms with E-state index in [9.17, 15) is 4.79 Å². The Kier molecular flexibility index (Phi) is 5.30. The molecule has 1 amide bonds. The summed E-state index contributed by atoms with van der Waals surface area (Å²) in [5.74, 6) is 0.913. The minimum Gasteiger partial charge on any atom is -0.436 e. The van der Waals surface area contributed by atoms with Crippen molar-refractivity contribution < 1.29 is 9.21 Å². The molecule has 0 aliphatic carbocycles. The second-order valence-electron chi connectivity index (χ2n) is 8.15. The second kappa shape index (κ2) is 8.44. The van der Waals surface area contributed by atoms with Crippen molar-refractivity contribution in [2.24, 2.45) is 0 Å². The predicted octanol–water partition coefficient (Wildman–Crippen LogP) is 5.62. The summed E-state index contributed by atoms with van der Waals surface area (Å²) in [7, 11) is 0. The van der Waals surface area contributed by atoms with E-state index in [2.05, 4.69) is 21.9 Å². The predicted molar refractivity (Wildman–Crippen MR) is 132 cm³/mol. The molecule has 0 radical (unpaired) electrons. The molecule has 34 heavy (non-hydrogen) atoms. The number of carbonyl (C=O) groups is 1. The van der Waals surface area contributed by atoms with Gasteiger partial charge in [0.25, 0.3) is 5.91 Å². The molecule has 0 spiro atoms. The molecule has 0 aliphatic heterocycles. The van der Waals surface area contributed by atoms with Gasteiger partial charge in [-0.2, -0.15) is 0 Å². The third-order valence-electron chi connectivity index (χ3n) is 5.66. The molecular formula is C27H23N5O2. The van der Waals surface area contributed by atoms with Crippen molar-refractivity contribution in [1.82, 2.24) is 19.4 Å². The Labute approximate surface area is 196 Å². The van der Waals surface area contributed by atoms with Gasteiger partial charge in [-0.15, -0.1) is 0 Å². The molecule has 0 bridgehead atoms. The van der Waals surface area contributed by atoms with Gasteiger partial charge in [0.1, 0.15) is 0 Å². The summed E-state index contributed by atoms with van der Waals surface area (Å²) in [5.41, 5.74) is 6.74. The van der Waals surface area contributed by atoms with Crippen molar-refractivity contribution in [2.45, 2.75) is 20.8 Å². The molecule has 7 nitrogen and oxygen atoms in total. The molecule has 3 aromatic heterocycles. The molecule has 0 atom stereocenters. The van der Waals surface area contributed by atoms with Crippen LogP contribution in [0.3, 0.4) is 0 Å². The SMILES string of the molecule is C=C(c1ccccc1)c1cnc2nc(-c3cc(NC(=O)c4oc(C)nc4C)ccc3C)cn2c1. The van der Waals surface area contributed by atoms with Gasteiger partial charge in [0.2, 0.25) is 11.5 Å². The van der Waals surface area contributed by atoms with Crippen LogP contribution in [0.15, 0.2) is 78.1 Å². The van der Waals surface area contributed by atoms with Crippen LogP contribution in [0.1, 0.15) is 38.8 Å². The number of nitrogens with one attached hydrogen (secondary N) is 1. The Morgan fingerprint density at radius 3 is 2.53 bits per heavy atom. The zero-order chi connectivity index (χ0) is 23.8. The maximum atomic E-state index is 12.7. The molecule has 2 aromatic carbocycles. The van der Waals surface area contributed by atoms with Gasteiger partial charge in [-0.05, 0) is 42.7 Å². The van der Waals surface area contributed by atoms with Gasteiger partial charge in [0.15, 0.2) is 5.89 Å². The van der Waals surface area contributed by atoms with Crippen LogP contribution in [-0.2, 0) is 0 Å². The molecular weight excluding hydrogens is 426 g/mol. The minimum atomic E-state index is -0.339. The highest BCUT2D eigenvalue weighted by Gasteiger charge is 2.17. The number of aryl methyl sites for hydroxylation is 3. The summed E-state index contributed by atoms with van der Waals surface area (Å²) in [4.78, 5) is 26.0. The second-order valence-corrected chi connectivity index (χ2v) is 8.15. The number of imidazole rings is 1. The molecule has 0 saturated carbocycles. The van der Waals surface area contributed by atoms with E-state index in [0.29, 0.717) is 23.0 Å². The van der Waals surface area contributed by atoms with Gasteiger partial charge in [-0.3, -0.25) is 9.20 Å². The number of hydrogen-bond donors (Lipinski definition) is 1. The molecule has 1 N–H and O–H groups in total. The van der Waals surface area contributed by atoms with Crippen LogP contribution in [-0.4, -0.2) is 25.3 Å². The average Bonchev–Trinajstić information content (AvgIpc) is 3.42. The molecule has 5 rings (SSSR count). The lowest BCUT2D eigenvalue weighted by Gasteiger charge is -2.08. The fourth-order valence-corrected chi connectivity index (χ4v) is 3.88. The first kappa shape index (κ1) is 21.3. The van der Waals surface area contributed by atoms with Crippen molar-refractivity contribution in [1.29, 1.82) is 0 Å². The first-order valence-corrected chi connectivity index (χ1v) is 10.8. The highest BCUT2D eigenvalue weighted by Crippen LogP contribution is 2.28. The Balaban J connectivity index is 1.45. The van der Waals surface area contributed by atoms with Crippen molar-refractivity contribution in [3.8, 4) is 11.3 Å². The number of fused-ring (bicyclic) bond motifs is 1. The van der Waals surface area contributed by atoms with Gasteiger partial charge in [0.05, 0.1) is 11.4 Å². The lowest BCUT2D eigenvalue weighted by atomic mass is 10.0.